The molecule has 2 unspecified atom stereocenters. The molecular weight excluding hydrogens is 140 g/mol. The third kappa shape index (κ3) is 2.89. The van der Waals surface area contributed by atoms with E-state index in [0.717, 1.165) is 6.54 Å². The molecule has 0 spiro atoms. The first kappa shape index (κ1) is 10.4. The van der Waals surface area contributed by atoms with Crippen molar-refractivity contribution in [3.05, 3.63) is 0 Å². The van der Waals surface area contributed by atoms with Crippen LogP contribution in [0.1, 0.15) is 20.8 Å². The predicted octanol–water partition coefficient (Wildman–Crippen LogP) is 0.448. The summed E-state index contributed by atoms with van der Waals surface area (Å²) in [7, 11) is 1.79. The van der Waals surface area contributed by atoms with E-state index >= 15 is 0 Å². The number of carbonyl (C=O) groups is 1. The van der Waals surface area contributed by atoms with Gasteiger partial charge in [-0.05, 0) is 13.8 Å². The highest BCUT2D eigenvalue weighted by Crippen LogP contribution is 2.03. The average Bonchev–Trinajstić information content (AvgIpc) is 2.00. The van der Waals surface area contributed by atoms with Gasteiger partial charge in [-0.15, -0.1) is 0 Å². The third-order valence-electron chi connectivity index (χ3n) is 2.03. The molecule has 0 saturated heterocycles. The molecule has 0 aromatic carbocycles. The third-order valence-corrected chi connectivity index (χ3v) is 2.03. The minimum atomic E-state index is -0.0695. The lowest BCUT2D eigenvalue weighted by atomic mass is 10.0. The largest absolute Gasteiger partial charge is 0.346 e. The van der Waals surface area contributed by atoms with Gasteiger partial charge in [0.05, 0.1) is 5.92 Å². The van der Waals surface area contributed by atoms with Gasteiger partial charge in [0.1, 0.15) is 0 Å². The van der Waals surface area contributed by atoms with E-state index < -0.39 is 0 Å². The highest BCUT2D eigenvalue weighted by molar-refractivity contribution is 5.78. The normalized spacial score (nSPS) is 15.7. The Morgan fingerprint density at radius 1 is 1.55 bits per heavy atom. The Morgan fingerprint density at radius 3 is 2.27 bits per heavy atom. The molecule has 2 atom stereocenters. The molecule has 66 valence electrons. The van der Waals surface area contributed by atoms with E-state index in [1.807, 2.05) is 20.8 Å². The molecular formula is C8H18N2O. The number of nitrogens with zero attached hydrogens (tertiary/aromatic N) is 1. The molecule has 0 aromatic rings. The zero-order valence-electron chi connectivity index (χ0n) is 7.79. The number of rotatable bonds is 3. The van der Waals surface area contributed by atoms with Gasteiger partial charge in [0, 0.05) is 19.6 Å². The van der Waals surface area contributed by atoms with Crippen LogP contribution >= 0.6 is 0 Å². The maximum atomic E-state index is 11.4. The predicted molar refractivity (Wildman–Crippen MR) is 46.1 cm³/mol. The maximum absolute atomic E-state index is 11.4. The first-order valence-electron chi connectivity index (χ1n) is 4.01. The van der Waals surface area contributed by atoms with E-state index in [-0.39, 0.29) is 17.9 Å². The van der Waals surface area contributed by atoms with E-state index in [2.05, 4.69) is 0 Å². The Kier molecular flexibility index (Phi) is 4.11. The topological polar surface area (TPSA) is 46.3 Å². The molecule has 0 aliphatic carbocycles. The standard InChI is InChI=1S/C8H18N2O/c1-5-10(4)8(11)6(2)7(3)9/h6-7H,5,9H2,1-4H3. The Labute approximate surface area is 68.6 Å². The van der Waals surface area contributed by atoms with E-state index in [4.69, 9.17) is 5.73 Å². The lowest BCUT2D eigenvalue weighted by Crippen LogP contribution is -2.39. The van der Waals surface area contributed by atoms with Crippen molar-refractivity contribution in [1.82, 2.24) is 4.90 Å². The van der Waals surface area contributed by atoms with Crippen LogP contribution < -0.4 is 5.73 Å². The molecule has 0 aromatic heterocycles. The molecule has 0 rings (SSSR count). The maximum Gasteiger partial charge on any atom is 0.226 e. The Hall–Kier alpha value is -0.570. The van der Waals surface area contributed by atoms with Crippen LogP contribution in [0, 0.1) is 5.92 Å². The van der Waals surface area contributed by atoms with E-state index in [1.165, 1.54) is 0 Å². The van der Waals surface area contributed by atoms with Gasteiger partial charge in [-0.3, -0.25) is 4.79 Å². The van der Waals surface area contributed by atoms with Gasteiger partial charge < -0.3 is 10.6 Å². The van der Waals surface area contributed by atoms with Crippen LogP contribution in [0.25, 0.3) is 0 Å². The smallest absolute Gasteiger partial charge is 0.226 e. The molecule has 0 aliphatic rings. The second-order valence-electron chi connectivity index (χ2n) is 3.00. The lowest BCUT2D eigenvalue weighted by molar-refractivity contribution is -0.133. The van der Waals surface area contributed by atoms with Crippen molar-refractivity contribution in [1.29, 1.82) is 0 Å². The SMILES string of the molecule is CCN(C)C(=O)C(C)C(C)N. The Balaban J connectivity index is 4.02. The monoisotopic (exact) mass is 158 g/mol. The minimum Gasteiger partial charge on any atom is -0.346 e. The summed E-state index contributed by atoms with van der Waals surface area (Å²) in [6.45, 7) is 6.41. The van der Waals surface area contributed by atoms with Crippen molar-refractivity contribution in [3.8, 4) is 0 Å². The molecule has 0 aliphatic heterocycles. The van der Waals surface area contributed by atoms with Gasteiger partial charge in [-0.1, -0.05) is 6.92 Å². The van der Waals surface area contributed by atoms with Gasteiger partial charge in [0.15, 0.2) is 0 Å². The summed E-state index contributed by atoms with van der Waals surface area (Å²) < 4.78 is 0. The number of hydrogen-bond acceptors (Lipinski definition) is 2. The van der Waals surface area contributed by atoms with Gasteiger partial charge in [0.25, 0.3) is 0 Å². The number of carbonyl (C=O) groups excluding carboxylic acids is 1. The van der Waals surface area contributed by atoms with E-state index in [9.17, 15) is 4.79 Å². The number of amides is 1. The summed E-state index contributed by atoms with van der Waals surface area (Å²) in [4.78, 5) is 13.0. The van der Waals surface area contributed by atoms with Crippen LogP contribution in [0.15, 0.2) is 0 Å². The highest BCUT2D eigenvalue weighted by atomic mass is 16.2. The lowest BCUT2D eigenvalue weighted by Gasteiger charge is -2.21. The van der Waals surface area contributed by atoms with Crippen molar-refractivity contribution < 1.29 is 4.79 Å². The Bertz CT molecular complexity index is 134. The first-order valence-corrected chi connectivity index (χ1v) is 4.01. The fourth-order valence-corrected chi connectivity index (χ4v) is 0.728. The van der Waals surface area contributed by atoms with Crippen molar-refractivity contribution in [2.75, 3.05) is 13.6 Å². The quantitative estimate of drug-likeness (QED) is 0.648. The van der Waals surface area contributed by atoms with Crippen LogP contribution in [0.3, 0.4) is 0 Å². The number of nitrogens with two attached hydrogens (primary N) is 1. The number of hydrogen-bond donors (Lipinski definition) is 1. The summed E-state index contributed by atoms with van der Waals surface area (Å²) in [6.07, 6.45) is 0. The molecule has 0 radical (unpaired) electrons. The average molecular weight is 158 g/mol. The molecule has 0 heterocycles. The van der Waals surface area contributed by atoms with Crippen LogP contribution in [0.5, 0.6) is 0 Å². The molecule has 0 fully saturated rings. The van der Waals surface area contributed by atoms with Gasteiger partial charge in [-0.25, -0.2) is 0 Å². The summed E-state index contributed by atoms with van der Waals surface area (Å²) in [5.41, 5.74) is 5.58. The van der Waals surface area contributed by atoms with Gasteiger partial charge in [0.2, 0.25) is 5.91 Å². The molecule has 2 N–H and O–H groups in total. The summed E-state index contributed by atoms with van der Waals surface area (Å²) in [6, 6.07) is -0.0588. The van der Waals surface area contributed by atoms with Crippen LogP contribution in [0.4, 0.5) is 0 Å². The highest BCUT2D eigenvalue weighted by Gasteiger charge is 2.19. The van der Waals surface area contributed by atoms with Crippen molar-refractivity contribution in [2.45, 2.75) is 26.8 Å². The van der Waals surface area contributed by atoms with Crippen LogP contribution in [-0.4, -0.2) is 30.4 Å². The van der Waals surface area contributed by atoms with Gasteiger partial charge in [-0.2, -0.15) is 0 Å². The van der Waals surface area contributed by atoms with Crippen LogP contribution in [0.2, 0.25) is 0 Å². The van der Waals surface area contributed by atoms with Crippen molar-refractivity contribution >= 4 is 5.91 Å². The molecule has 0 saturated carbocycles. The molecule has 0 bridgehead atoms. The molecule has 3 heteroatoms. The van der Waals surface area contributed by atoms with E-state index in [0.29, 0.717) is 0 Å². The van der Waals surface area contributed by atoms with Crippen molar-refractivity contribution in [2.24, 2.45) is 11.7 Å². The first-order chi connectivity index (χ1) is 5.00. The summed E-state index contributed by atoms with van der Waals surface area (Å²) >= 11 is 0. The second kappa shape index (κ2) is 4.34. The molecule has 11 heavy (non-hydrogen) atoms. The summed E-state index contributed by atoms with van der Waals surface area (Å²) in [5, 5.41) is 0. The van der Waals surface area contributed by atoms with E-state index in [1.54, 1.807) is 11.9 Å². The van der Waals surface area contributed by atoms with Gasteiger partial charge >= 0.3 is 0 Å². The molecule has 3 nitrogen and oxygen atoms in total. The molecule has 1 amide bonds. The van der Waals surface area contributed by atoms with Crippen molar-refractivity contribution in [3.63, 3.8) is 0 Å². The zero-order valence-corrected chi connectivity index (χ0v) is 7.79. The van der Waals surface area contributed by atoms with Crippen LogP contribution in [-0.2, 0) is 4.79 Å². The fourth-order valence-electron chi connectivity index (χ4n) is 0.728. The summed E-state index contributed by atoms with van der Waals surface area (Å²) in [5.74, 6) is 0.0578. The Morgan fingerprint density at radius 2 is 2.00 bits per heavy atom. The second-order valence-corrected chi connectivity index (χ2v) is 3.00. The zero-order chi connectivity index (χ0) is 9.02. The minimum absolute atomic E-state index is 0.0588. The fraction of sp³-hybridized carbons (Fsp3) is 0.875.